The topological polar surface area (TPSA) is 80.8 Å². The van der Waals surface area contributed by atoms with E-state index in [0.29, 0.717) is 11.5 Å². The molecule has 0 saturated carbocycles. The van der Waals surface area contributed by atoms with E-state index in [1.165, 1.54) is 30.4 Å². The van der Waals surface area contributed by atoms with Crippen molar-refractivity contribution in [3.8, 4) is 17.6 Å². The number of rotatable bonds is 9. The van der Waals surface area contributed by atoms with Gasteiger partial charge in [0, 0.05) is 0 Å². The second kappa shape index (κ2) is 12.1. The molecule has 3 unspecified atom stereocenters. The molecule has 2 aromatic carbocycles. The maximum absolute atomic E-state index is 12.1. The molecule has 0 fully saturated rings. The van der Waals surface area contributed by atoms with Crippen molar-refractivity contribution in [2.24, 2.45) is 0 Å². The molecule has 0 aliphatic rings. The molecule has 8 heteroatoms. The summed E-state index contributed by atoms with van der Waals surface area (Å²) in [7, 11) is 0. The zero-order chi connectivity index (χ0) is 20.9. The molecule has 146 valence electrons. The minimum atomic E-state index is -1.94. The molecule has 6 nitrogen and oxygen atoms in total. The Morgan fingerprint density at radius 1 is 0.966 bits per heavy atom. The molecule has 0 radical (unpaired) electrons. The summed E-state index contributed by atoms with van der Waals surface area (Å²) < 4.78 is 34.6. The normalized spacial score (nSPS) is 14.6. The fraction of sp³-hybridized carbons (Fsp3) is 0.0476. The standard InChI is InChI=1S/C21H16N2O4S2/c1-23-21(29(25)27-19-13-7-3-8-14-19)16-10-4-9-15-20(17-22)28(24)26-18-11-5-2-6-12-18/h2-16,20H/b10-4+,15-9+,21-16-. The predicted molar refractivity (Wildman–Crippen MR) is 113 cm³/mol. The Hall–Kier alpha value is -3.46. The Balaban J connectivity index is 1.94. The van der Waals surface area contributed by atoms with Crippen molar-refractivity contribution in [3.63, 3.8) is 0 Å². The average molecular weight is 425 g/mol. The number of hydrogen-bond donors (Lipinski definition) is 0. The first-order chi connectivity index (χ1) is 14.1. The van der Waals surface area contributed by atoms with E-state index in [1.54, 1.807) is 60.7 Å². The van der Waals surface area contributed by atoms with E-state index in [2.05, 4.69) is 4.85 Å². The van der Waals surface area contributed by atoms with Crippen LogP contribution in [0, 0.1) is 17.9 Å². The molecule has 0 aliphatic heterocycles. The molecule has 0 saturated heterocycles. The Kier molecular flexibility index (Phi) is 9.10. The van der Waals surface area contributed by atoms with Gasteiger partial charge in [-0.3, -0.25) is 0 Å². The number of para-hydroxylation sites is 2. The van der Waals surface area contributed by atoms with E-state index in [-0.39, 0.29) is 5.03 Å². The summed E-state index contributed by atoms with van der Waals surface area (Å²) in [5.74, 6) is 0.794. The van der Waals surface area contributed by atoms with Gasteiger partial charge >= 0.3 is 0 Å². The van der Waals surface area contributed by atoms with Gasteiger partial charge in [0.1, 0.15) is 11.5 Å². The quantitative estimate of drug-likeness (QED) is 0.444. The van der Waals surface area contributed by atoms with Gasteiger partial charge in [0.25, 0.3) is 5.03 Å². The van der Waals surface area contributed by atoms with Crippen LogP contribution in [0.1, 0.15) is 0 Å². The smallest absolute Gasteiger partial charge is 0.287 e. The number of allylic oxidation sites excluding steroid dienone is 4. The van der Waals surface area contributed by atoms with Crippen LogP contribution in [0.4, 0.5) is 0 Å². The lowest BCUT2D eigenvalue weighted by molar-refractivity contribution is 0.560. The second-order valence-corrected chi connectivity index (χ2v) is 7.47. The molecule has 0 amide bonds. The fourth-order valence-corrected chi connectivity index (χ4v) is 3.22. The maximum Gasteiger partial charge on any atom is 0.287 e. The number of benzene rings is 2. The van der Waals surface area contributed by atoms with Gasteiger partial charge in [-0.2, -0.15) is 5.26 Å². The van der Waals surface area contributed by atoms with Crippen molar-refractivity contribution in [2.45, 2.75) is 5.25 Å². The van der Waals surface area contributed by atoms with Crippen molar-refractivity contribution in [3.05, 3.63) is 107 Å². The summed E-state index contributed by atoms with van der Waals surface area (Å²) in [5, 5.41) is 8.10. The van der Waals surface area contributed by atoms with Gasteiger partial charge in [-0.05, 0) is 30.3 Å². The third kappa shape index (κ3) is 7.59. The summed E-state index contributed by atoms with van der Waals surface area (Å²) in [6.45, 7) is 7.13. The SMILES string of the molecule is [C-]#[N+]/C(=C/C=C/C=C/C(C#N)S(=O)Oc1ccccc1)S(=O)Oc1ccccc1. The highest BCUT2D eigenvalue weighted by molar-refractivity contribution is 7.84. The Labute approximate surface area is 174 Å². The largest absolute Gasteiger partial charge is 0.405 e. The number of nitriles is 1. The van der Waals surface area contributed by atoms with Crippen molar-refractivity contribution in [2.75, 3.05) is 0 Å². The Morgan fingerprint density at radius 3 is 2.10 bits per heavy atom. The van der Waals surface area contributed by atoms with Gasteiger partial charge in [-0.15, -0.1) is 0 Å². The summed E-state index contributed by atoms with van der Waals surface area (Å²) in [6.07, 6.45) is 7.26. The maximum atomic E-state index is 12.1. The van der Waals surface area contributed by atoms with Crippen LogP contribution < -0.4 is 8.37 Å². The third-order valence-corrected chi connectivity index (χ3v) is 5.15. The van der Waals surface area contributed by atoms with Gasteiger partial charge in [0.2, 0.25) is 22.2 Å². The first-order valence-corrected chi connectivity index (χ1v) is 10.5. The molecule has 0 N–H and O–H groups in total. The highest BCUT2D eigenvalue weighted by Crippen LogP contribution is 2.15. The van der Waals surface area contributed by atoms with Crippen molar-refractivity contribution < 1.29 is 16.8 Å². The minimum absolute atomic E-state index is 0.0914. The van der Waals surface area contributed by atoms with Crippen LogP contribution >= 0.6 is 0 Å². The molecule has 3 atom stereocenters. The zero-order valence-corrected chi connectivity index (χ0v) is 16.7. The molecule has 0 aromatic heterocycles. The minimum Gasteiger partial charge on any atom is -0.405 e. The van der Waals surface area contributed by atoms with Gasteiger partial charge < -0.3 is 8.37 Å². The lowest BCUT2D eigenvalue weighted by atomic mass is 10.3. The average Bonchev–Trinajstić information content (AvgIpc) is 2.74. The van der Waals surface area contributed by atoms with Crippen LogP contribution in [0.3, 0.4) is 0 Å². The fourth-order valence-electron chi connectivity index (χ4n) is 1.88. The van der Waals surface area contributed by atoms with E-state index in [0.717, 1.165) is 0 Å². The van der Waals surface area contributed by atoms with Gasteiger partial charge in [-0.25, -0.2) is 13.3 Å². The molecule has 2 aromatic rings. The molecule has 29 heavy (non-hydrogen) atoms. The molecule has 0 heterocycles. The van der Waals surface area contributed by atoms with E-state index in [9.17, 15) is 8.42 Å². The summed E-state index contributed by atoms with van der Waals surface area (Å²) in [5.41, 5.74) is 0. The van der Waals surface area contributed by atoms with E-state index >= 15 is 0 Å². The lowest BCUT2D eigenvalue weighted by Crippen LogP contribution is -2.15. The van der Waals surface area contributed by atoms with Crippen molar-refractivity contribution in [1.29, 1.82) is 5.26 Å². The molecule has 0 bridgehead atoms. The first kappa shape index (κ1) is 21.8. The van der Waals surface area contributed by atoms with Crippen LogP contribution in [0.15, 0.2) is 96.1 Å². The van der Waals surface area contributed by atoms with Crippen molar-refractivity contribution in [1.82, 2.24) is 0 Å². The van der Waals surface area contributed by atoms with Gasteiger partial charge in [0.15, 0.2) is 5.25 Å². The molecular weight excluding hydrogens is 408 g/mol. The first-order valence-electron chi connectivity index (χ1n) is 8.25. The summed E-state index contributed by atoms with van der Waals surface area (Å²) >= 11 is -3.81. The third-order valence-electron chi connectivity index (χ3n) is 3.20. The van der Waals surface area contributed by atoms with Crippen LogP contribution in [0.2, 0.25) is 0 Å². The number of nitrogens with zero attached hydrogens (tertiary/aromatic N) is 2. The van der Waals surface area contributed by atoms with Crippen LogP contribution in [0.5, 0.6) is 11.5 Å². The van der Waals surface area contributed by atoms with Crippen LogP contribution in [-0.2, 0) is 22.2 Å². The van der Waals surface area contributed by atoms with E-state index in [1.807, 2.05) is 6.07 Å². The van der Waals surface area contributed by atoms with Crippen molar-refractivity contribution >= 4 is 22.2 Å². The monoisotopic (exact) mass is 424 g/mol. The van der Waals surface area contributed by atoms with Gasteiger partial charge in [0.05, 0.1) is 12.6 Å². The van der Waals surface area contributed by atoms with Gasteiger partial charge in [-0.1, -0.05) is 60.7 Å². The Bertz CT molecular complexity index is 1020. The second-order valence-electron chi connectivity index (χ2n) is 5.22. The highest BCUT2D eigenvalue weighted by atomic mass is 32.2. The van der Waals surface area contributed by atoms with E-state index in [4.69, 9.17) is 20.2 Å². The van der Waals surface area contributed by atoms with Crippen LogP contribution in [0.25, 0.3) is 4.85 Å². The summed E-state index contributed by atoms with van der Waals surface area (Å²) in [6, 6.07) is 19.0. The Morgan fingerprint density at radius 2 is 1.55 bits per heavy atom. The number of hydrogen-bond acceptors (Lipinski definition) is 5. The van der Waals surface area contributed by atoms with E-state index < -0.39 is 27.4 Å². The predicted octanol–water partition coefficient (Wildman–Crippen LogP) is 4.24. The molecule has 0 spiro atoms. The van der Waals surface area contributed by atoms with Crippen LogP contribution in [-0.4, -0.2) is 13.7 Å². The molecular formula is C21H16N2O4S2. The molecule has 2 rings (SSSR count). The lowest BCUT2D eigenvalue weighted by Gasteiger charge is -2.05. The summed E-state index contributed by atoms with van der Waals surface area (Å²) in [4.78, 5) is 3.20. The zero-order valence-electron chi connectivity index (χ0n) is 15.1. The highest BCUT2D eigenvalue weighted by Gasteiger charge is 2.14. The molecule has 0 aliphatic carbocycles.